The van der Waals surface area contributed by atoms with Crippen molar-refractivity contribution in [1.29, 1.82) is 0 Å². The molecule has 1 N–H and O–H groups in total. The number of benzene rings is 2. The molecule has 0 bridgehead atoms. The number of nitrogens with zero attached hydrogens (tertiary/aromatic N) is 3. The van der Waals surface area contributed by atoms with E-state index in [0.717, 1.165) is 18.7 Å². The Bertz CT molecular complexity index is 1120. The van der Waals surface area contributed by atoms with Gasteiger partial charge >= 0.3 is 0 Å². The Hall–Kier alpha value is -3.55. The van der Waals surface area contributed by atoms with Crippen LogP contribution in [0.4, 0.5) is 11.4 Å². The lowest BCUT2D eigenvalue weighted by Gasteiger charge is -2.08. The van der Waals surface area contributed by atoms with Crippen molar-refractivity contribution >= 4 is 28.2 Å². The van der Waals surface area contributed by atoms with Gasteiger partial charge in [0.1, 0.15) is 5.82 Å². The van der Waals surface area contributed by atoms with Crippen LogP contribution < -0.4 is 10.9 Å². The third kappa shape index (κ3) is 2.71. The number of rotatable bonds is 3. The number of fused-ring (bicyclic) bond motifs is 2. The normalized spacial score (nSPS) is 12.8. The predicted octanol–water partition coefficient (Wildman–Crippen LogP) is 2.50. The Morgan fingerprint density at radius 1 is 1.23 bits per heavy atom. The van der Waals surface area contributed by atoms with E-state index in [1.54, 1.807) is 28.8 Å². The van der Waals surface area contributed by atoms with Gasteiger partial charge in [-0.05, 0) is 30.7 Å². The van der Waals surface area contributed by atoms with Crippen molar-refractivity contribution in [2.75, 3.05) is 5.32 Å². The van der Waals surface area contributed by atoms with Crippen LogP contribution in [-0.4, -0.2) is 20.4 Å². The molecule has 0 saturated heterocycles. The first-order valence-electron chi connectivity index (χ1n) is 8.12. The fourth-order valence-corrected chi connectivity index (χ4v) is 3.13. The number of nitro groups is 1. The van der Waals surface area contributed by atoms with E-state index in [9.17, 15) is 19.7 Å². The molecule has 0 radical (unpaired) electrons. The Morgan fingerprint density at radius 3 is 2.88 bits per heavy atom. The third-order valence-electron chi connectivity index (χ3n) is 4.39. The highest BCUT2D eigenvalue weighted by atomic mass is 16.6. The number of anilines is 1. The summed E-state index contributed by atoms with van der Waals surface area (Å²) in [5.41, 5.74) is 0.944. The highest BCUT2D eigenvalue weighted by Gasteiger charge is 2.17. The quantitative estimate of drug-likeness (QED) is 0.577. The third-order valence-corrected chi connectivity index (χ3v) is 4.39. The molecular weight excluding hydrogens is 336 g/mol. The van der Waals surface area contributed by atoms with Crippen molar-refractivity contribution in [3.8, 4) is 0 Å². The van der Waals surface area contributed by atoms with Crippen LogP contribution in [0.2, 0.25) is 0 Å². The molecule has 1 amide bonds. The molecule has 130 valence electrons. The van der Waals surface area contributed by atoms with Gasteiger partial charge in [0.15, 0.2) is 0 Å². The minimum Gasteiger partial charge on any atom is -0.322 e. The zero-order chi connectivity index (χ0) is 18.3. The number of hydrogen-bond acceptors (Lipinski definition) is 5. The average Bonchev–Trinajstić information content (AvgIpc) is 3.10. The maximum atomic E-state index is 12.5. The molecule has 1 aliphatic rings. The lowest BCUT2D eigenvalue weighted by Crippen LogP contribution is -2.21. The minimum absolute atomic E-state index is 0.0897. The van der Waals surface area contributed by atoms with E-state index in [1.807, 2.05) is 0 Å². The Morgan fingerprint density at radius 2 is 2.08 bits per heavy atom. The topological polar surface area (TPSA) is 107 Å². The van der Waals surface area contributed by atoms with Gasteiger partial charge in [-0.1, -0.05) is 6.07 Å². The molecule has 3 aromatic rings. The van der Waals surface area contributed by atoms with E-state index < -0.39 is 10.8 Å². The summed E-state index contributed by atoms with van der Waals surface area (Å²) in [6, 6.07) is 10.4. The Kier molecular flexibility index (Phi) is 3.72. The van der Waals surface area contributed by atoms with Crippen molar-refractivity contribution in [3.05, 3.63) is 74.3 Å². The van der Waals surface area contributed by atoms with Gasteiger partial charge in [0.2, 0.25) is 0 Å². The molecular formula is C18H14N4O4. The largest absolute Gasteiger partial charge is 0.322 e. The minimum atomic E-state index is -0.524. The van der Waals surface area contributed by atoms with E-state index in [4.69, 9.17) is 0 Å². The van der Waals surface area contributed by atoms with Crippen LogP contribution in [0.5, 0.6) is 0 Å². The highest BCUT2D eigenvalue weighted by molar-refractivity contribution is 6.06. The summed E-state index contributed by atoms with van der Waals surface area (Å²) in [6.45, 7) is 0.673. The molecule has 4 rings (SSSR count). The number of nitrogens with one attached hydrogen (secondary N) is 1. The SMILES string of the molecule is O=C(Nc1cccc([N+](=O)[O-])c1)c1ccc2c(=O)n3c(nc2c1)CCC3. The van der Waals surface area contributed by atoms with Gasteiger partial charge in [-0.2, -0.15) is 0 Å². The molecule has 8 nitrogen and oxygen atoms in total. The Balaban J connectivity index is 1.67. The van der Waals surface area contributed by atoms with E-state index in [-0.39, 0.29) is 11.2 Å². The van der Waals surface area contributed by atoms with Gasteiger partial charge in [0.25, 0.3) is 17.2 Å². The summed E-state index contributed by atoms with van der Waals surface area (Å²) >= 11 is 0. The summed E-state index contributed by atoms with van der Waals surface area (Å²) in [5, 5.41) is 13.9. The molecule has 0 unspecified atom stereocenters. The van der Waals surface area contributed by atoms with Crippen molar-refractivity contribution in [2.24, 2.45) is 0 Å². The second kappa shape index (κ2) is 6.07. The standard InChI is InChI=1S/C18H14N4O4/c23-17(19-12-3-1-4-13(10-12)22(25)26)11-6-7-14-15(9-11)20-16-5-2-8-21(16)18(14)24/h1,3-4,6-7,9-10H,2,5,8H2,(H,19,23). The molecule has 2 heterocycles. The van der Waals surface area contributed by atoms with E-state index in [0.29, 0.717) is 28.7 Å². The second-order valence-electron chi connectivity index (χ2n) is 6.08. The predicted molar refractivity (Wildman–Crippen MR) is 95.4 cm³/mol. The maximum Gasteiger partial charge on any atom is 0.271 e. The fraction of sp³-hybridized carbons (Fsp3) is 0.167. The van der Waals surface area contributed by atoms with Crippen LogP contribution in [0, 0.1) is 10.1 Å². The Labute approximate surface area is 147 Å². The van der Waals surface area contributed by atoms with E-state index >= 15 is 0 Å². The van der Waals surface area contributed by atoms with Gasteiger partial charge in [-0.3, -0.25) is 24.3 Å². The molecule has 0 aliphatic carbocycles. The molecule has 0 fully saturated rings. The van der Waals surface area contributed by atoms with E-state index in [1.165, 1.54) is 18.2 Å². The maximum absolute atomic E-state index is 12.5. The van der Waals surface area contributed by atoms with Crippen molar-refractivity contribution < 1.29 is 9.72 Å². The number of carbonyl (C=O) groups excluding carboxylic acids is 1. The zero-order valence-corrected chi connectivity index (χ0v) is 13.6. The van der Waals surface area contributed by atoms with Crippen molar-refractivity contribution in [1.82, 2.24) is 9.55 Å². The van der Waals surface area contributed by atoms with Crippen molar-refractivity contribution in [3.63, 3.8) is 0 Å². The lowest BCUT2D eigenvalue weighted by atomic mass is 10.1. The first-order chi connectivity index (χ1) is 12.5. The zero-order valence-electron chi connectivity index (χ0n) is 13.6. The lowest BCUT2D eigenvalue weighted by molar-refractivity contribution is -0.384. The summed E-state index contributed by atoms with van der Waals surface area (Å²) < 4.78 is 1.67. The summed E-state index contributed by atoms with van der Waals surface area (Å²) in [6.07, 6.45) is 1.63. The molecule has 26 heavy (non-hydrogen) atoms. The van der Waals surface area contributed by atoms with Crippen LogP contribution in [-0.2, 0) is 13.0 Å². The van der Waals surface area contributed by atoms with Crippen LogP contribution >= 0.6 is 0 Å². The molecule has 8 heteroatoms. The first-order valence-corrected chi connectivity index (χ1v) is 8.12. The number of carbonyl (C=O) groups is 1. The van der Waals surface area contributed by atoms with Gasteiger partial charge < -0.3 is 5.32 Å². The molecule has 1 aromatic heterocycles. The summed E-state index contributed by atoms with van der Waals surface area (Å²) in [5.74, 6) is 0.313. The summed E-state index contributed by atoms with van der Waals surface area (Å²) in [4.78, 5) is 39.7. The smallest absolute Gasteiger partial charge is 0.271 e. The first kappa shape index (κ1) is 15.9. The van der Waals surface area contributed by atoms with Crippen LogP contribution in [0.3, 0.4) is 0 Å². The molecule has 2 aromatic carbocycles. The number of nitro benzene ring substituents is 1. The van der Waals surface area contributed by atoms with Crippen LogP contribution in [0.15, 0.2) is 47.3 Å². The number of non-ortho nitro benzene ring substituents is 1. The number of aromatic nitrogens is 2. The molecule has 0 atom stereocenters. The van der Waals surface area contributed by atoms with Crippen LogP contribution in [0.1, 0.15) is 22.6 Å². The monoisotopic (exact) mass is 350 g/mol. The second-order valence-corrected chi connectivity index (χ2v) is 6.08. The molecule has 0 saturated carbocycles. The van der Waals surface area contributed by atoms with Gasteiger partial charge in [-0.25, -0.2) is 4.98 Å². The van der Waals surface area contributed by atoms with Gasteiger partial charge in [-0.15, -0.1) is 0 Å². The molecule has 1 aliphatic heterocycles. The van der Waals surface area contributed by atoms with Gasteiger partial charge in [0, 0.05) is 36.3 Å². The average molecular weight is 350 g/mol. The van der Waals surface area contributed by atoms with Crippen molar-refractivity contribution in [2.45, 2.75) is 19.4 Å². The number of amides is 1. The molecule has 0 spiro atoms. The number of hydrogen-bond donors (Lipinski definition) is 1. The summed E-state index contributed by atoms with van der Waals surface area (Å²) in [7, 11) is 0. The van der Waals surface area contributed by atoms with Gasteiger partial charge in [0.05, 0.1) is 15.8 Å². The fourth-order valence-electron chi connectivity index (χ4n) is 3.13. The highest BCUT2D eigenvalue weighted by Crippen LogP contribution is 2.19. The van der Waals surface area contributed by atoms with E-state index in [2.05, 4.69) is 10.3 Å². The number of aryl methyl sites for hydroxylation is 1. The van der Waals surface area contributed by atoms with Crippen LogP contribution in [0.25, 0.3) is 10.9 Å².